The molecule has 8 heavy (non-hydrogen) atoms. The van der Waals surface area contributed by atoms with Crippen molar-refractivity contribution in [3.8, 4) is 0 Å². The molecule has 0 spiro atoms. The summed E-state index contributed by atoms with van der Waals surface area (Å²) in [5, 5.41) is 2.56. The van der Waals surface area contributed by atoms with Crippen molar-refractivity contribution in [2.75, 3.05) is 6.54 Å². The van der Waals surface area contributed by atoms with Crippen molar-refractivity contribution in [2.24, 2.45) is 5.92 Å². The molecule has 2 nitrogen and oxygen atoms in total. The molecule has 0 aliphatic carbocycles. The van der Waals surface area contributed by atoms with Crippen molar-refractivity contribution < 1.29 is 4.79 Å². The molecule has 0 rings (SSSR count). The Kier molecular flexibility index (Phi) is 4.32. The highest BCUT2D eigenvalue weighted by Gasteiger charge is 1.89. The molecule has 1 N–H and O–H groups in total. The van der Waals surface area contributed by atoms with Gasteiger partial charge in [0.2, 0.25) is 6.41 Å². The molecule has 1 atom stereocenters. The maximum absolute atomic E-state index is 9.65. The molecule has 1 unspecified atom stereocenters. The number of carbonyl (C=O) groups excluding carboxylic acids is 1. The fraction of sp³-hybridized carbons (Fsp3) is 0.667. The van der Waals surface area contributed by atoms with Gasteiger partial charge in [0.05, 0.1) is 0 Å². The Morgan fingerprint density at radius 1 is 1.88 bits per heavy atom. The lowest BCUT2D eigenvalue weighted by atomic mass is 10.1. The van der Waals surface area contributed by atoms with Gasteiger partial charge in [-0.25, -0.2) is 0 Å². The second-order valence-electron chi connectivity index (χ2n) is 1.97. The van der Waals surface area contributed by atoms with E-state index in [1.807, 2.05) is 6.92 Å². The van der Waals surface area contributed by atoms with Crippen LogP contribution in [0.3, 0.4) is 0 Å². The summed E-state index contributed by atoms with van der Waals surface area (Å²) in [4.78, 5) is 9.65. The van der Waals surface area contributed by atoms with E-state index in [1.165, 1.54) is 0 Å². The molecule has 1 radical (unpaired) electrons. The van der Waals surface area contributed by atoms with Crippen LogP contribution in [-0.4, -0.2) is 13.0 Å². The molecule has 0 fully saturated rings. The van der Waals surface area contributed by atoms with Crippen molar-refractivity contribution in [1.29, 1.82) is 0 Å². The zero-order valence-corrected chi connectivity index (χ0v) is 5.18. The van der Waals surface area contributed by atoms with Gasteiger partial charge in [0, 0.05) is 6.54 Å². The largest absolute Gasteiger partial charge is 0.359 e. The summed E-state index contributed by atoms with van der Waals surface area (Å²) in [6.07, 6.45) is 1.67. The SMILES string of the molecule is [CH2]C(C)CCNC=O. The molecule has 0 bridgehead atoms. The summed E-state index contributed by atoms with van der Waals surface area (Å²) >= 11 is 0. The maximum Gasteiger partial charge on any atom is 0.207 e. The summed E-state index contributed by atoms with van der Waals surface area (Å²) in [6, 6.07) is 0. The van der Waals surface area contributed by atoms with Crippen molar-refractivity contribution in [1.82, 2.24) is 5.32 Å². The fourth-order valence-electron chi connectivity index (χ4n) is 0.389. The summed E-state index contributed by atoms with van der Waals surface area (Å²) in [5.41, 5.74) is 0. The molecule has 0 aliphatic rings. The first-order valence-corrected chi connectivity index (χ1v) is 2.77. The summed E-state index contributed by atoms with van der Waals surface area (Å²) in [6.45, 7) is 6.52. The van der Waals surface area contributed by atoms with Gasteiger partial charge in [-0.2, -0.15) is 0 Å². The standard InChI is InChI=1S/C6H12NO/c1-6(2)3-4-7-5-8/h5-6H,1,3-4H2,2H3,(H,7,8). The van der Waals surface area contributed by atoms with Gasteiger partial charge < -0.3 is 5.32 Å². The van der Waals surface area contributed by atoms with Gasteiger partial charge in [0.15, 0.2) is 0 Å². The van der Waals surface area contributed by atoms with E-state index < -0.39 is 0 Å². The summed E-state index contributed by atoms with van der Waals surface area (Å²) in [5.74, 6) is 0.433. The van der Waals surface area contributed by atoms with E-state index in [2.05, 4.69) is 12.2 Å². The Labute approximate surface area is 50.3 Å². The highest BCUT2D eigenvalue weighted by atomic mass is 16.1. The maximum atomic E-state index is 9.65. The van der Waals surface area contributed by atoms with Crippen LogP contribution in [0.5, 0.6) is 0 Å². The Morgan fingerprint density at radius 3 is 2.88 bits per heavy atom. The van der Waals surface area contributed by atoms with Crippen LogP contribution in [0.4, 0.5) is 0 Å². The van der Waals surface area contributed by atoms with E-state index in [1.54, 1.807) is 0 Å². The lowest BCUT2D eigenvalue weighted by Crippen LogP contribution is -2.13. The first-order chi connectivity index (χ1) is 3.77. The van der Waals surface area contributed by atoms with E-state index in [0.29, 0.717) is 12.3 Å². The quantitative estimate of drug-likeness (QED) is 0.420. The monoisotopic (exact) mass is 114 g/mol. The Bertz CT molecular complexity index is 61.5. The smallest absolute Gasteiger partial charge is 0.207 e. The second-order valence-corrected chi connectivity index (χ2v) is 1.97. The number of hydrogen-bond donors (Lipinski definition) is 1. The third-order valence-corrected chi connectivity index (χ3v) is 0.865. The summed E-state index contributed by atoms with van der Waals surface area (Å²) in [7, 11) is 0. The average Bonchev–Trinajstić information content (AvgIpc) is 1.66. The molecule has 0 aromatic heterocycles. The van der Waals surface area contributed by atoms with Crippen LogP contribution in [0.1, 0.15) is 13.3 Å². The predicted molar refractivity (Wildman–Crippen MR) is 33.2 cm³/mol. The number of hydrogen-bond acceptors (Lipinski definition) is 1. The zero-order chi connectivity index (χ0) is 6.41. The van der Waals surface area contributed by atoms with Gasteiger partial charge >= 0.3 is 0 Å². The number of carbonyl (C=O) groups is 1. The lowest BCUT2D eigenvalue weighted by Gasteiger charge is -2.00. The highest BCUT2D eigenvalue weighted by molar-refractivity contribution is 5.45. The van der Waals surface area contributed by atoms with Gasteiger partial charge in [-0.3, -0.25) is 4.79 Å². The van der Waals surface area contributed by atoms with Gasteiger partial charge in [-0.15, -0.1) is 0 Å². The average molecular weight is 114 g/mol. The van der Waals surface area contributed by atoms with Gasteiger partial charge in [-0.05, 0) is 12.3 Å². The van der Waals surface area contributed by atoms with Crippen molar-refractivity contribution in [2.45, 2.75) is 13.3 Å². The molecule has 0 aliphatic heterocycles. The molecule has 0 aromatic carbocycles. The summed E-state index contributed by atoms with van der Waals surface area (Å²) < 4.78 is 0. The van der Waals surface area contributed by atoms with Gasteiger partial charge in [0.25, 0.3) is 0 Å². The minimum absolute atomic E-state index is 0.433. The molecule has 0 heterocycles. The van der Waals surface area contributed by atoms with Gasteiger partial charge in [0.1, 0.15) is 0 Å². The number of rotatable bonds is 4. The first-order valence-electron chi connectivity index (χ1n) is 2.77. The third-order valence-electron chi connectivity index (χ3n) is 0.865. The van der Waals surface area contributed by atoms with Crippen LogP contribution in [0.25, 0.3) is 0 Å². The van der Waals surface area contributed by atoms with Crippen molar-refractivity contribution >= 4 is 6.41 Å². The van der Waals surface area contributed by atoms with Crippen LogP contribution < -0.4 is 5.32 Å². The zero-order valence-electron chi connectivity index (χ0n) is 5.18. The Hall–Kier alpha value is -0.530. The highest BCUT2D eigenvalue weighted by Crippen LogP contribution is 1.94. The lowest BCUT2D eigenvalue weighted by molar-refractivity contribution is -0.109. The number of amides is 1. The molecule has 0 saturated heterocycles. The molecular weight excluding hydrogens is 102 g/mol. The van der Waals surface area contributed by atoms with Crippen LogP contribution >= 0.6 is 0 Å². The van der Waals surface area contributed by atoms with Crippen molar-refractivity contribution in [3.63, 3.8) is 0 Å². The van der Waals surface area contributed by atoms with E-state index in [9.17, 15) is 4.79 Å². The number of nitrogens with one attached hydrogen (secondary N) is 1. The van der Waals surface area contributed by atoms with E-state index in [0.717, 1.165) is 13.0 Å². The fourth-order valence-corrected chi connectivity index (χ4v) is 0.389. The van der Waals surface area contributed by atoms with Crippen LogP contribution in [0, 0.1) is 12.8 Å². The minimum Gasteiger partial charge on any atom is -0.359 e. The predicted octanol–water partition coefficient (Wildman–Crippen LogP) is 0.593. The molecule has 0 saturated carbocycles. The second kappa shape index (κ2) is 4.62. The van der Waals surface area contributed by atoms with Crippen molar-refractivity contribution in [3.05, 3.63) is 6.92 Å². The Balaban J connectivity index is 2.81. The topological polar surface area (TPSA) is 29.1 Å². The molecule has 1 amide bonds. The third kappa shape index (κ3) is 5.47. The van der Waals surface area contributed by atoms with E-state index in [-0.39, 0.29) is 0 Å². The van der Waals surface area contributed by atoms with Crippen LogP contribution in [0.2, 0.25) is 0 Å². The molecule has 0 aromatic rings. The molecular formula is C6H12NO. The molecule has 2 heteroatoms. The Morgan fingerprint density at radius 2 is 2.50 bits per heavy atom. The van der Waals surface area contributed by atoms with E-state index in [4.69, 9.17) is 0 Å². The minimum atomic E-state index is 0.433. The van der Waals surface area contributed by atoms with Crippen LogP contribution in [-0.2, 0) is 4.79 Å². The van der Waals surface area contributed by atoms with Gasteiger partial charge in [-0.1, -0.05) is 13.8 Å². The van der Waals surface area contributed by atoms with Crippen LogP contribution in [0.15, 0.2) is 0 Å². The first kappa shape index (κ1) is 7.47. The van der Waals surface area contributed by atoms with E-state index >= 15 is 0 Å². The normalized spacial score (nSPS) is 9.38. The molecule has 47 valence electrons.